The molecular weight excluding hydrogens is 825 g/mol. The summed E-state index contributed by atoms with van der Waals surface area (Å²) in [6.45, 7) is 0. The van der Waals surface area contributed by atoms with Crippen LogP contribution in [0.25, 0.3) is 38.6 Å². The molecule has 4 bridgehead atoms. The number of anilines is 3. The van der Waals surface area contributed by atoms with Gasteiger partial charge in [0.25, 0.3) is 0 Å². The summed E-state index contributed by atoms with van der Waals surface area (Å²) < 4.78 is 2.49. The second kappa shape index (κ2) is 15.2. The molecule has 15 rings (SSSR count). The largest absolute Gasteiger partial charge is 0.309 e. The van der Waals surface area contributed by atoms with Gasteiger partial charge in [-0.2, -0.15) is 0 Å². The minimum Gasteiger partial charge on any atom is -0.309 e. The highest BCUT2D eigenvalue weighted by molar-refractivity contribution is 7.19. The fourth-order valence-corrected chi connectivity index (χ4v) is 19.4. The van der Waals surface area contributed by atoms with Gasteiger partial charge in [0, 0.05) is 21.9 Å². The van der Waals surface area contributed by atoms with Crippen molar-refractivity contribution in [2.24, 2.45) is 23.7 Å². The Kier molecular flexibility index (Phi) is 8.83. The molecule has 5 aliphatic rings. The highest BCUT2D eigenvalue weighted by Gasteiger charge is 2.61. The molecular formula is C64H52N2Si. The van der Waals surface area contributed by atoms with Crippen molar-refractivity contribution in [1.29, 1.82) is 0 Å². The maximum atomic E-state index is 2.64. The van der Waals surface area contributed by atoms with Gasteiger partial charge in [-0.05, 0) is 141 Å². The molecule has 0 N–H and O–H groups in total. The van der Waals surface area contributed by atoms with E-state index in [0.29, 0.717) is 11.8 Å². The lowest BCUT2D eigenvalue weighted by molar-refractivity contribution is -0.0419. The predicted molar refractivity (Wildman–Crippen MR) is 282 cm³/mol. The first-order chi connectivity index (χ1) is 33.2. The molecule has 4 saturated carbocycles. The van der Waals surface area contributed by atoms with Crippen LogP contribution in [0.15, 0.2) is 231 Å². The van der Waals surface area contributed by atoms with Gasteiger partial charge in [-0.3, -0.25) is 0 Å². The normalized spacial score (nSPS) is 20.0. The van der Waals surface area contributed by atoms with Crippen molar-refractivity contribution in [2.75, 3.05) is 4.90 Å². The van der Waals surface area contributed by atoms with Gasteiger partial charge in [0.2, 0.25) is 0 Å². The van der Waals surface area contributed by atoms with Crippen molar-refractivity contribution < 1.29 is 0 Å². The summed E-state index contributed by atoms with van der Waals surface area (Å²) in [5, 5.41) is 8.10. The van der Waals surface area contributed by atoms with E-state index in [0.717, 1.165) is 17.5 Å². The van der Waals surface area contributed by atoms with Crippen molar-refractivity contribution in [2.45, 2.75) is 37.5 Å². The topological polar surface area (TPSA) is 8.17 Å². The Hall–Kier alpha value is -7.20. The molecule has 1 aromatic heterocycles. The van der Waals surface area contributed by atoms with E-state index >= 15 is 0 Å². The maximum Gasteiger partial charge on any atom is 0.179 e. The molecule has 0 saturated heterocycles. The van der Waals surface area contributed by atoms with Gasteiger partial charge in [-0.1, -0.05) is 188 Å². The lowest BCUT2D eigenvalue weighted by Crippen LogP contribution is -2.74. The molecule has 322 valence electrons. The molecule has 0 radical (unpaired) electrons. The molecule has 3 heteroatoms. The number of para-hydroxylation sites is 3. The van der Waals surface area contributed by atoms with Gasteiger partial charge in [0.05, 0.1) is 28.1 Å². The first kappa shape index (κ1) is 39.0. The Morgan fingerprint density at radius 1 is 0.373 bits per heavy atom. The minimum atomic E-state index is -2.67. The monoisotopic (exact) mass is 876 g/mol. The van der Waals surface area contributed by atoms with Crippen LogP contribution >= 0.6 is 0 Å². The number of benzene rings is 9. The smallest absolute Gasteiger partial charge is 0.179 e. The zero-order chi connectivity index (χ0) is 44.1. The van der Waals surface area contributed by atoms with Crippen LogP contribution in [0.4, 0.5) is 17.1 Å². The van der Waals surface area contributed by atoms with Crippen LogP contribution in [0.2, 0.25) is 0 Å². The molecule has 10 aromatic rings. The molecule has 1 aliphatic heterocycles. The minimum absolute atomic E-state index is 0.0780. The van der Waals surface area contributed by atoms with E-state index in [1.165, 1.54) is 103 Å². The first-order valence-corrected chi connectivity index (χ1v) is 26.6. The van der Waals surface area contributed by atoms with Gasteiger partial charge in [-0.25, -0.2) is 0 Å². The molecule has 0 amide bonds. The highest BCUT2D eigenvalue weighted by atomic mass is 28.3. The zero-order valence-electron chi connectivity index (χ0n) is 37.7. The summed E-state index contributed by atoms with van der Waals surface area (Å²) in [4.78, 5) is 2.64. The van der Waals surface area contributed by atoms with Crippen LogP contribution in [0.5, 0.6) is 0 Å². The van der Waals surface area contributed by atoms with Crippen molar-refractivity contribution >= 4 is 67.7 Å². The van der Waals surface area contributed by atoms with Crippen LogP contribution in [-0.4, -0.2) is 12.6 Å². The quantitative estimate of drug-likeness (QED) is 0.114. The zero-order valence-corrected chi connectivity index (χ0v) is 38.7. The first-order valence-electron chi connectivity index (χ1n) is 24.6. The second-order valence-electron chi connectivity index (χ2n) is 20.0. The van der Waals surface area contributed by atoms with Crippen molar-refractivity contribution in [3.8, 4) is 16.8 Å². The molecule has 1 spiro atoms. The van der Waals surface area contributed by atoms with Gasteiger partial charge in [0.15, 0.2) is 8.07 Å². The number of fused-ring (bicyclic) bond motifs is 5. The summed E-state index contributed by atoms with van der Waals surface area (Å²) in [5.74, 6) is 3.23. The molecule has 2 nitrogen and oxygen atoms in total. The van der Waals surface area contributed by atoms with Crippen LogP contribution in [0.3, 0.4) is 0 Å². The average molecular weight is 877 g/mol. The molecule has 2 heterocycles. The van der Waals surface area contributed by atoms with E-state index in [1.54, 1.807) is 11.1 Å². The maximum absolute atomic E-state index is 2.67. The van der Waals surface area contributed by atoms with E-state index in [1.807, 2.05) is 0 Å². The third kappa shape index (κ3) is 5.61. The van der Waals surface area contributed by atoms with Crippen LogP contribution < -0.4 is 25.6 Å². The number of hydrogen-bond acceptors (Lipinski definition) is 1. The van der Waals surface area contributed by atoms with Gasteiger partial charge < -0.3 is 9.47 Å². The summed E-state index contributed by atoms with van der Waals surface area (Å²) in [6.07, 6.45) is 6.96. The van der Waals surface area contributed by atoms with E-state index < -0.39 is 8.07 Å². The Morgan fingerprint density at radius 3 is 1.45 bits per heavy atom. The molecule has 4 aliphatic carbocycles. The lowest BCUT2D eigenvalue weighted by atomic mass is 9.41. The predicted octanol–water partition coefficient (Wildman–Crippen LogP) is 13.4. The molecule has 67 heavy (non-hydrogen) atoms. The van der Waals surface area contributed by atoms with E-state index in [4.69, 9.17) is 0 Å². The third-order valence-electron chi connectivity index (χ3n) is 16.9. The summed E-state index contributed by atoms with van der Waals surface area (Å²) in [7, 11) is -2.67. The lowest BCUT2D eigenvalue weighted by Gasteiger charge is -2.64. The number of hydrogen-bond donors (Lipinski definition) is 0. The van der Waals surface area contributed by atoms with Crippen LogP contribution in [0, 0.1) is 23.7 Å². The summed E-state index contributed by atoms with van der Waals surface area (Å²) >= 11 is 0. The summed E-state index contributed by atoms with van der Waals surface area (Å²) in [6, 6.07) is 87.5. The Balaban J connectivity index is 0.903. The SMILES string of the molecule is c1ccc([Si](c2ccccc2)(c2ccccc2)c2cccc(-c3ccc(-n4c5ccccc5c5c(N6c7ccccc7C7(c8ccccc86)C6C[C@H]8C[C@@H](C6)C[C@@H]7C8)cccc54)cc3)c2)cc1. The summed E-state index contributed by atoms with van der Waals surface area (Å²) in [5.41, 5.74) is 13.2. The Morgan fingerprint density at radius 2 is 0.851 bits per heavy atom. The Bertz CT molecular complexity index is 3310. The van der Waals surface area contributed by atoms with E-state index in [-0.39, 0.29) is 5.41 Å². The van der Waals surface area contributed by atoms with Gasteiger partial charge in [0.1, 0.15) is 0 Å². The number of aromatic nitrogens is 1. The fourth-order valence-electron chi connectivity index (χ4n) is 14.6. The molecule has 0 atom stereocenters. The molecule has 9 aromatic carbocycles. The Labute approximate surface area is 394 Å². The van der Waals surface area contributed by atoms with E-state index in [9.17, 15) is 0 Å². The van der Waals surface area contributed by atoms with Crippen molar-refractivity contribution in [3.63, 3.8) is 0 Å². The fraction of sp³-hybridized carbons (Fsp3) is 0.156. The highest BCUT2D eigenvalue weighted by Crippen LogP contribution is 2.69. The molecule has 0 unspecified atom stereocenters. The van der Waals surface area contributed by atoms with Gasteiger partial charge in [-0.15, -0.1) is 0 Å². The van der Waals surface area contributed by atoms with Gasteiger partial charge >= 0.3 is 0 Å². The molecule has 4 fully saturated rings. The van der Waals surface area contributed by atoms with Crippen LogP contribution in [-0.2, 0) is 5.41 Å². The number of nitrogens with zero attached hydrogens (tertiary/aromatic N) is 2. The van der Waals surface area contributed by atoms with Crippen molar-refractivity contribution in [1.82, 2.24) is 4.57 Å². The third-order valence-corrected chi connectivity index (χ3v) is 21.7. The second-order valence-corrected chi connectivity index (χ2v) is 23.9. The number of rotatable bonds is 7. The van der Waals surface area contributed by atoms with E-state index in [2.05, 4.69) is 240 Å². The van der Waals surface area contributed by atoms with Crippen molar-refractivity contribution in [3.05, 3.63) is 242 Å². The average Bonchev–Trinajstić information content (AvgIpc) is 3.73. The van der Waals surface area contributed by atoms with Crippen LogP contribution in [0.1, 0.15) is 43.2 Å². The standard InChI is InChI=1S/C64H52N2Si/c1-4-19-51(20-5-1)67(52-21-6-2-7-22-52,53-23-8-3-9-24-53)54-25-16-18-47(43-54)46-34-36-50(37-35-46)65-58-29-13-10-26-55(58)63-61(65)32-17-33-62(63)66-59-30-14-11-27-56(59)64(57-28-12-15-31-60(57)66)48-39-44-38-45(41-48)42-49(64)40-44/h1-37,43-45,48-49H,38-42H2/t44-,45+,48-,49?.